The summed E-state index contributed by atoms with van der Waals surface area (Å²) in [6.45, 7) is 0.691. The van der Waals surface area contributed by atoms with Crippen LogP contribution in [0.4, 0.5) is 0 Å². The van der Waals surface area contributed by atoms with Crippen molar-refractivity contribution in [2.24, 2.45) is 5.73 Å². The van der Waals surface area contributed by atoms with E-state index in [0.717, 1.165) is 31.2 Å². The number of phenols is 1. The summed E-state index contributed by atoms with van der Waals surface area (Å²) in [6, 6.07) is 4.25. The molecule has 1 aliphatic carbocycles. The first kappa shape index (κ1) is 10.5. The topological polar surface area (TPSA) is 46.2 Å². The third kappa shape index (κ3) is 2.15. The van der Waals surface area contributed by atoms with Gasteiger partial charge >= 0.3 is 0 Å². The maximum absolute atomic E-state index is 10.1. The lowest BCUT2D eigenvalue weighted by atomic mass is 9.88. The second-order valence-electron chi connectivity index (χ2n) is 4.31. The Hall–Kier alpha value is -1.02. The number of hydrogen-bond acceptors (Lipinski definition) is 2. The van der Waals surface area contributed by atoms with Crippen molar-refractivity contribution < 1.29 is 5.11 Å². The van der Waals surface area contributed by atoms with Gasteiger partial charge in [0.15, 0.2) is 0 Å². The number of benzene rings is 1. The Bertz CT molecular complexity index is 347. The Morgan fingerprint density at radius 2 is 2.00 bits per heavy atom. The first-order valence-corrected chi connectivity index (χ1v) is 5.85. The van der Waals surface area contributed by atoms with Crippen molar-refractivity contribution >= 4 is 0 Å². The van der Waals surface area contributed by atoms with Crippen molar-refractivity contribution in [1.29, 1.82) is 0 Å². The molecule has 0 unspecified atom stereocenters. The van der Waals surface area contributed by atoms with E-state index >= 15 is 0 Å². The van der Waals surface area contributed by atoms with E-state index in [1.54, 1.807) is 0 Å². The molecule has 1 aromatic rings. The van der Waals surface area contributed by atoms with E-state index < -0.39 is 0 Å². The average Bonchev–Trinajstić information content (AvgIpc) is 2.29. The molecule has 0 atom stereocenters. The summed E-state index contributed by atoms with van der Waals surface area (Å²) in [5.74, 6) is 0.542. The first-order chi connectivity index (χ1) is 7.33. The van der Waals surface area contributed by atoms with Crippen molar-refractivity contribution in [3.05, 3.63) is 28.8 Å². The fourth-order valence-corrected chi connectivity index (χ4v) is 2.35. The highest BCUT2D eigenvalue weighted by Gasteiger charge is 2.15. The summed E-state index contributed by atoms with van der Waals surface area (Å²) in [7, 11) is 0. The Balaban J connectivity index is 2.26. The maximum Gasteiger partial charge on any atom is 0.122 e. The van der Waals surface area contributed by atoms with Crippen LogP contribution in [0, 0.1) is 0 Å². The van der Waals surface area contributed by atoms with E-state index in [1.165, 1.54) is 24.0 Å². The molecule has 0 fully saturated rings. The van der Waals surface area contributed by atoms with E-state index in [9.17, 15) is 5.11 Å². The Morgan fingerprint density at radius 1 is 1.20 bits per heavy atom. The number of nitrogens with two attached hydrogens (primary N) is 1. The summed E-state index contributed by atoms with van der Waals surface area (Å²) in [5, 5.41) is 10.1. The lowest BCUT2D eigenvalue weighted by Crippen LogP contribution is -2.05. The van der Waals surface area contributed by atoms with Crippen LogP contribution in [0.1, 0.15) is 36.0 Å². The van der Waals surface area contributed by atoms with Gasteiger partial charge in [-0.3, -0.25) is 0 Å². The molecule has 0 radical (unpaired) electrons. The number of aromatic hydroxyl groups is 1. The Labute approximate surface area is 91.1 Å². The predicted octanol–water partition coefficient (Wildman–Crippen LogP) is 2.16. The van der Waals surface area contributed by atoms with Crippen LogP contribution in [0.25, 0.3) is 0 Å². The van der Waals surface area contributed by atoms with E-state index in [2.05, 4.69) is 12.1 Å². The van der Waals surface area contributed by atoms with Crippen LogP contribution < -0.4 is 5.73 Å². The van der Waals surface area contributed by atoms with Crippen molar-refractivity contribution in [3.8, 4) is 5.75 Å². The molecule has 2 nitrogen and oxygen atoms in total. The van der Waals surface area contributed by atoms with Gasteiger partial charge in [-0.1, -0.05) is 12.1 Å². The minimum Gasteiger partial charge on any atom is -0.507 e. The Morgan fingerprint density at radius 3 is 2.80 bits per heavy atom. The average molecular weight is 205 g/mol. The summed E-state index contributed by atoms with van der Waals surface area (Å²) >= 11 is 0. The summed E-state index contributed by atoms with van der Waals surface area (Å²) in [4.78, 5) is 0. The lowest BCUT2D eigenvalue weighted by molar-refractivity contribution is 0.454. The summed E-state index contributed by atoms with van der Waals surface area (Å²) < 4.78 is 0. The molecule has 0 heterocycles. The van der Waals surface area contributed by atoms with Crippen LogP contribution in [0.5, 0.6) is 5.75 Å². The van der Waals surface area contributed by atoms with Gasteiger partial charge in [-0.05, 0) is 61.8 Å². The second kappa shape index (κ2) is 4.67. The Kier molecular flexibility index (Phi) is 3.27. The fourth-order valence-electron chi connectivity index (χ4n) is 2.35. The zero-order chi connectivity index (χ0) is 10.7. The van der Waals surface area contributed by atoms with E-state index in [1.807, 2.05) is 0 Å². The molecule has 0 saturated heterocycles. The highest BCUT2D eigenvalue weighted by Crippen LogP contribution is 2.32. The predicted molar refractivity (Wildman–Crippen MR) is 62.1 cm³/mol. The third-order valence-corrected chi connectivity index (χ3v) is 3.24. The summed E-state index contributed by atoms with van der Waals surface area (Å²) in [6.07, 6.45) is 6.48. The SMILES string of the molecule is NCCCc1ccc2c(c1O)CCCC2. The van der Waals surface area contributed by atoms with Gasteiger partial charge in [-0.2, -0.15) is 0 Å². The maximum atomic E-state index is 10.1. The number of hydrogen-bond donors (Lipinski definition) is 2. The van der Waals surface area contributed by atoms with Gasteiger partial charge in [0.1, 0.15) is 5.75 Å². The number of aryl methyl sites for hydroxylation is 2. The summed E-state index contributed by atoms with van der Waals surface area (Å²) in [5.41, 5.74) is 9.09. The minimum atomic E-state index is 0.542. The molecule has 3 N–H and O–H groups in total. The van der Waals surface area contributed by atoms with E-state index in [4.69, 9.17) is 5.73 Å². The van der Waals surface area contributed by atoms with Crippen molar-refractivity contribution in [2.75, 3.05) is 6.54 Å². The molecule has 0 amide bonds. The largest absolute Gasteiger partial charge is 0.507 e. The van der Waals surface area contributed by atoms with Gasteiger partial charge < -0.3 is 10.8 Å². The normalized spacial score (nSPS) is 15.0. The number of fused-ring (bicyclic) bond motifs is 1. The van der Waals surface area contributed by atoms with E-state index in [-0.39, 0.29) is 0 Å². The van der Waals surface area contributed by atoms with Gasteiger partial charge in [0.05, 0.1) is 0 Å². The van der Waals surface area contributed by atoms with Crippen LogP contribution in [0.15, 0.2) is 12.1 Å². The van der Waals surface area contributed by atoms with Crippen LogP contribution in [-0.4, -0.2) is 11.7 Å². The van der Waals surface area contributed by atoms with Gasteiger partial charge in [0, 0.05) is 0 Å². The minimum absolute atomic E-state index is 0.542. The highest BCUT2D eigenvalue weighted by atomic mass is 16.3. The lowest BCUT2D eigenvalue weighted by Gasteiger charge is -2.18. The van der Waals surface area contributed by atoms with Crippen LogP contribution in [0.3, 0.4) is 0 Å². The molecule has 2 rings (SSSR count). The van der Waals surface area contributed by atoms with Gasteiger partial charge in [0.2, 0.25) is 0 Å². The molecular weight excluding hydrogens is 186 g/mol. The van der Waals surface area contributed by atoms with Crippen molar-refractivity contribution in [3.63, 3.8) is 0 Å². The molecule has 82 valence electrons. The standard InChI is InChI=1S/C13H19NO/c14-9-3-5-11-8-7-10-4-1-2-6-12(10)13(11)15/h7-8,15H,1-6,9,14H2. The molecule has 0 saturated carbocycles. The highest BCUT2D eigenvalue weighted by molar-refractivity contribution is 5.46. The van der Waals surface area contributed by atoms with Crippen LogP contribution in [0.2, 0.25) is 0 Å². The van der Waals surface area contributed by atoms with Crippen molar-refractivity contribution in [1.82, 2.24) is 0 Å². The van der Waals surface area contributed by atoms with Crippen LogP contribution in [-0.2, 0) is 19.3 Å². The van der Waals surface area contributed by atoms with Gasteiger partial charge in [-0.25, -0.2) is 0 Å². The molecule has 2 heteroatoms. The van der Waals surface area contributed by atoms with Crippen LogP contribution >= 0.6 is 0 Å². The fraction of sp³-hybridized carbons (Fsp3) is 0.538. The van der Waals surface area contributed by atoms with Gasteiger partial charge in [0.25, 0.3) is 0 Å². The van der Waals surface area contributed by atoms with E-state index in [0.29, 0.717) is 12.3 Å². The smallest absolute Gasteiger partial charge is 0.122 e. The molecule has 1 aromatic carbocycles. The van der Waals surface area contributed by atoms with Crippen molar-refractivity contribution in [2.45, 2.75) is 38.5 Å². The molecule has 15 heavy (non-hydrogen) atoms. The molecule has 0 bridgehead atoms. The zero-order valence-electron chi connectivity index (χ0n) is 9.13. The number of rotatable bonds is 3. The van der Waals surface area contributed by atoms with Gasteiger partial charge in [-0.15, -0.1) is 0 Å². The quantitative estimate of drug-likeness (QED) is 0.794. The molecular formula is C13H19NO. The monoisotopic (exact) mass is 205 g/mol. The number of phenolic OH excluding ortho intramolecular Hbond substituents is 1. The first-order valence-electron chi connectivity index (χ1n) is 5.85. The molecule has 0 spiro atoms. The molecule has 1 aliphatic rings. The molecule has 0 aromatic heterocycles. The second-order valence-corrected chi connectivity index (χ2v) is 4.31. The zero-order valence-corrected chi connectivity index (χ0v) is 9.13. The third-order valence-electron chi connectivity index (χ3n) is 3.24. The molecule has 0 aliphatic heterocycles.